The van der Waals surface area contributed by atoms with Crippen molar-refractivity contribution in [3.8, 4) is 0 Å². The average molecular weight is 494 g/mol. The molecule has 4 nitrogen and oxygen atoms in total. The predicted octanol–water partition coefficient (Wildman–Crippen LogP) is 5.74. The smallest absolute Gasteiger partial charge is 0.280 e. The maximum Gasteiger partial charge on any atom is 0.475 e. The minimum Gasteiger partial charge on any atom is -0.280 e. The van der Waals surface area contributed by atoms with Crippen LogP contribution in [0.4, 0.5) is 65.9 Å². The summed E-state index contributed by atoms with van der Waals surface area (Å²) in [5.74, 6) is -18.0. The van der Waals surface area contributed by atoms with Gasteiger partial charge in [-0.25, -0.2) is 4.57 Å². The molecule has 176 valence electrons. The van der Waals surface area contributed by atoms with E-state index in [9.17, 15) is 70.4 Å². The quantitative estimate of drug-likeness (QED) is 0.303. The SMILES string of the molecule is O=P(OCC(F)(F)C(F)(F)F)(OCC(F)(F)C(F)(F)F)OCC(F)(F)C(F)(F)F. The molecule has 0 saturated heterocycles. The molecule has 0 bridgehead atoms. The summed E-state index contributed by atoms with van der Waals surface area (Å²) >= 11 is 0. The van der Waals surface area contributed by atoms with Gasteiger partial charge in [-0.15, -0.1) is 0 Å². The van der Waals surface area contributed by atoms with Gasteiger partial charge in [0, 0.05) is 0 Å². The van der Waals surface area contributed by atoms with E-state index >= 15 is 0 Å². The second-order valence-corrected chi connectivity index (χ2v) is 6.54. The van der Waals surface area contributed by atoms with Gasteiger partial charge in [0.15, 0.2) is 0 Å². The molecule has 0 aliphatic carbocycles. The first-order chi connectivity index (χ1) is 12.4. The average Bonchev–Trinajstić information content (AvgIpc) is 2.46. The molecule has 0 saturated carbocycles. The van der Waals surface area contributed by atoms with Crippen molar-refractivity contribution in [1.82, 2.24) is 0 Å². The zero-order valence-electron chi connectivity index (χ0n) is 12.9. The largest absolute Gasteiger partial charge is 0.475 e. The lowest BCUT2D eigenvalue weighted by atomic mass is 10.3. The van der Waals surface area contributed by atoms with E-state index in [2.05, 4.69) is 13.6 Å². The van der Waals surface area contributed by atoms with Crippen LogP contribution in [-0.4, -0.2) is 56.1 Å². The third-order valence-electron chi connectivity index (χ3n) is 2.46. The Bertz CT molecular complexity index is 511. The Hall–Kier alpha value is -0.940. The molecule has 0 fully saturated rings. The van der Waals surface area contributed by atoms with E-state index < -0.39 is 63.9 Å². The molecule has 0 aliphatic heterocycles. The van der Waals surface area contributed by atoms with Crippen LogP contribution in [0.3, 0.4) is 0 Å². The fourth-order valence-corrected chi connectivity index (χ4v) is 2.02. The first-order valence-corrected chi connectivity index (χ1v) is 7.70. The number of phosphoric acid groups is 1. The van der Waals surface area contributed by atoms with Gasteiger partial charge < -0.3 is 0 Å². The van der Waals surface area contributed by atoms with Gasteiger partial charge in [0.2, 0.25) is 0 Å². The van der Waals surface area contributed by atoms with Crippen LogP contribution in [-0.2, 0) is 18.1 Å². The van der Waals surface area contributed by atoms with E-state index in [1.54, 1.807) is 0 Å². The summed E-state index contributed by atoms with van der Waals surface area (Å²) in [6.07, 6.45) is -19.5. The summed E-state index contributed by atoms with van der Waals surface area (Å²) in [6, 6.07) is 0. The summed E-state index contributed by atoms with van der Waals surface area (Å²) in [5, 5.41) is 0. The molecule has 0 heterocycles. The van der Waals surface area contributed by atoms with Gasteiger partial charge in [-0.05, 0) is 0 Å². The first kappa shape index (κ1) is 28.1. The van der Waals surface area contributed by atoms with Gasteiger partial charge in [0.1, 0.15) is 19.8 Å². The van der Waals surface area contributed by atoms with E-state index in [4.69, 9.17) is 0 Å². The van der Waals surface area contributed by atoms with Crippen LogP contribution in [0.5, 0.6) is 0 Å². The van der Waals surface area contributed by atoms with Crippen LogP contribution in [0.2, 0.25) is 0 Å². The van der Waals surface area contributed by atoms with Gasteiger partial charge in [0.05, 0.1) is 0 Å². The molecule has 0 unspecified atom stereocenters. The lowest BCUT2D eigenvalue weighted by Crippen LogP contribution is -2.43. The number of hydrogen-bond acceptors (Lipinski definition) is 4. The van der Waals surface area contributed by atoms with Crippen molar-refractivity contribution >= 4 is 7.82 Å². The molecule has 0 radical (unpaired) electrons. The van der Waals surface area contributed by atoms with E-state index in [1.807, 2.05) is 0 Å². The summed E-state index contributed by atoms with van der Waals surface area (Å²) in [6.45, 7) is -9.62. The predicted molar refractivity (Wildman–Crippen MR) is 58.5 cm³/mol. The highest BCUT2D eigenvalue weighted by molar-refractivity contribution is 7.48. The van der Waals surface area contributed by atoms with Crippen molar-refractivity contribution in [2.45, 2.75) is 36.3 Å². The molecular formula is C9H6F15O4P. The molecule has 0 amide bonds. The highest BCUT2D eigenvalue weighted by Crippen LogP contribution is 2.54. The van der Waals surface area contributed by atoms with Gasteiger partial charge >= 0.3 is 44.1 Å². The Balaban J connectivity index is 5.56. The van der Waals surface area contributed by atoms with Gasteiger partial charge in [-0.2, -0.15) is 65.9 Å². The fraction of sp³-hybridized carbons (Fsp3) is 1.00. The molecule has 0 rings (SSSR count). The molecule has 29 heavy (non-hydrogen) atoms. The Morgan fingerprint density at radius 1 is 0.448 bits per heavy atom. The zero-order chi connectivity index (χ0) is 23.7. The summed E-state index contributed by atoms with van der Waals surface area (Å²) in [4.78, 5) is 0. The second kappa shape index (κ2) is 8.30. The van der Waals surface area contributed by atoms with E-state index in [0.29, 0.717) is 0 Å². The third-order valence-corrected chi connectivity index (χ3v) is 3.79. The Labute approximate surface area is 149 Å². The molecule has 0 N–H and O–H groups in total. The lowest BCUT2D eigenvalue weighted by molar-refractivity contribution is -0.299. The maximum absolute atomic E-state index is 12.6. The van der Waals surface area contributed by atoms with Gasteiger partial charge in [-0.3, -0.25) is 13.6 Å². The molecule has 0 aromatic carbocycles. The van der Waals surface area contributed by atoms with Crippen molar-refractivity contribution in [2.75, 3.05) is 19.8 Å². The van der Waals surface area contributed by atoms with Gasteiger partial charge in [-0.1, -0.05) is 0 Å². The monoisotopic (exact) mass is 494 g/mol. The van der Waals surface area contributed by atoms with Crippen LogP contribution in [0.15, 0.2) is 0 Å². The lowest BCUT2D eigenvalue weighted by Gasteiger charge is -2.26. The Kier molecular flexibility index (Phi) is 8.03. The normalized spacial score (nSPS) is 15.7. The molecule has 0 aromatic heterocycles. The van der Waals surface area contributed by atoms with Crippen molar-refractivity contribution in [2.24, 2.45) is 0 Å². The summed E-state index contributed by atoms with van der Waals surface area (Å²) in [7, 11) is -6.66. The molecule has 0 aromatic rings. The van der Waals surface area contributed by atoms with Crippen LogP contribution in [0.25, 0.3) is 0 Å². The molecule has 0 atom stereocenters. The highest BCUT2D eigenvalue weighted by Gasteiger charge is 2.62. The van der Waals surface area contributed by atoms with Crippen LogP contribution >= 0.6 is 7.82 Å². The van der Waals surface area contributed by atoms with E-state index in [1.165, 1.54) is 0 Å². The summed E-state index contributed by atoms with van der Waals surface area (Å²) in [5.41, 5.74) is 0. The van der Waals surface area contributed by atoms with E-state index in [-0.39, 0.29) is 0 Å². The minimum absolute atomic E-state index is 3.08. The van der Waals surface area contributed by atoms with Crippen molar-refractivity contribution in [1.29, 1.82) is 0 Å². The van der Waals surface area contributed by atoms with Crippen molar-refractivity contribution < 1.29 is 84.0 Å². The minimum atomic E-state index is -6.66. The number of phosphoric ester groups is 1. The highest BCUT2D eigenvalue weighted by atomic mass is 31.2. The van der Waals surface area contributed by atoms with Gasteiger partial charge in [0.25, 0.3) is 0 Å². The second-order valence-electron chi connectivity index (χ2n) is 4.87. The molecule has 0 spiro atoms. The van der Waals surface area contributed by atoms with Crippen molar-refractivity contribution in [3.63, 3.8) is 0 Å². The van der Waals surface area contributed by atoms with E-state index in [0.717, 1.165) is 0 Å². The maximum atomic E-state index is 12.6. The molecule has 0 aliphatic rings. The zero-order valence-corrected chi connectivity index (χ0v) is 13.8. The fourth-order valence-electron chi connectivity index (χ4n) is 0.838. The molecule has 20 heteroatoms. The number of halogens is 15. The summed E-state index contributed by atoms with van der Waals surface area (Å²) < 4.78 is 204. The standard InChI is InChI=1S/C9H6F15O4P/c10-4(11,7(16,17)18)1-26-29(25,27-2-5(12,13)8(19,20)21)28-3-6(14,15)9(22,23)24/h1-3H2. The Morgan fingerprint density at radius 2 is 0.621 bits per heavy atom. The number of hydrogen-bond donors (Lipinski definition) is 0. The Morgan fingerprint density at radius 3 is 0.759 bits per heavy atom. The van der Waals surface area contributed by atoms with Crippen LogP contribution in [0, 0.1) is 0 Å². The van der Waals surface area contributed by atoms with Crippen LogP contribution in [0.1, 0.15) is 0 Å². The van der Waals surface area contributed by atoms with Crippen molar-refractivity contribution in [3.05, 3.63) is 0 Å². The number of alkyl halides is 15. The topological polar surface area (TPSA) is 44.8 Å². The number of rotatable bonds is 9. The van der Waals surface area contributed by atoms with Crippen LogP contribution < -0.4 is 0 Å². The third kappa shape index (κ3) is 7.67. The first-order valence-electron chi connectivity index (χ1n) is 6.24. The molecular weight excluding hydrogens is 488 g/mol.